The number of rotatable bonds is 6. The molecule has 0 saturated heterocycles. The summed E-state index contributed by atoms with van der Waals surface area (Å²) in [6.45, 7) is 2.00. The molecule has 4 rings (SSSR count). The van der Waals surface area contributed by atoms with Crippen LogP contribution >= 0.6 is 11.6 Å². The number of aromatic nitrogens is 2. The number of halogens is 1. The number of nitriles is 1. The number of hydrogen-bond acceptors (Lipinski definition) is 5. The Bertz CT molecular complexity index is 1460. The third-order valence-electron chi connectivity index (χ3n) is 4.95. The summed E-state index contributed by atoms with van der Waals surface area (Å²) >= 11 is 5.95. The number of anilines is 1. The molecule has 0 aliphatic carbocycles. The van der Waals surface area contributed by atoms with E-state index in [4.69, 9.17) is 21.6 Å². The number of hydrogen-bond donors (Lipinski definition) is 1. The van der Waals surface area contributed by atoms with Gasteiger partial charge in [-0.15, -0.1) is 0 Å². The fraction of sp³-hybridized carbons (Fsp3) is 0.0769. The number of benzene rings is 3. The molecule has 168 valence electrons. The lowest BCUT2D eigenvalue weighted by atomic mass is 10.1. The van der Waals surface area contributed by atoms with Crippen molar-refractivity contribution < 1.29 is 9.53 Å². The number of carbonyl (C=O) groups is 1. The molecule has 4 aromatic rings. The van der Waals surface area contributed by atoms with Crippen LogP contribution in [0.25, 0.3) is 5.69 Å². The van der Waals surface area contributed by atoms with Gasteiger partial charge in [-0.3, -0.25) is 9.59 Å². The molecular formula is C26H19ClN4O3. The molecule has 0 saturated carbocycles. The van der Waals surface area contributed by atoms with Gasteiger partial charge in [-0.1, -0.05) is 29.8 Å². The van der Waals surface area contributed by atoms with Crippen LogP contribution in [0.5, 0.6) is 5.75 Å². The molecule has 0 radical (unpaired) electrons. The van der Waals surface area contributed by atoms with Crippen LogP contribution in [-0.2, 0) is 6.61 Å². The molecule has 3 aromatic carbocycles. The van der Waals surface area contributed by atoms with Crippen molar-refractivity contribution in [3.05, 3.63) is 117 Å². The van der Waals surface area contributed by atoms with Crippen molar-refractivity contribution in [3.63, 3.8) is 0 Å². The Labute approximate surface area is 200 Å². The fourth-order valence-electron chi connectivity index (χ4n) is 3.30. The first-order valence-electron chi connectivity index (χ1n) is 10.3. The van der Waals surface area contributed by atoms with Crippen molar-refractivity contribution in [3.8, 4) is 17.5 Å². The van der Waals surface area contributed by atoms with Gasteiger partial charge in [-0.2, -0.15) is 10.4 Å². The van der Waals surface area contributed by atoms with Gasteiger partial charge in [0.05, 0.1) is 17.3 Å². The third kappa shape index (κ3) is 5.31. The summed E-state index contributed by atoms with van der Waals surface area (Å²) in [5.74, 6) is -0.109. The highest BCUT2D eigenvalue weighted by atomic mass is 35.5. The Hall–Kier alpha value is -4.41. The zero-order valence-electron chi connectivity index (χ0n) is 18.2. The van der Waals surface area contributed by atoms with E-state index in [1.165, 1.54) is 10.7 Å². The Morgan fingerprint density at radius 2 is 1.85 bits per heavy atom. The van der Waals surface area contributed by atoms with E-state index in [2.05, 4.69) is 16.5 Å². The number of nitrogens with zero attached hydrogens (tertiary/aromatic N) is 3. The summed E-state index contributed by atoms with van der Waals surface area (Å²) in [6.07, 6.45) is 0. The van der Waals surface area contributed by atoms with Crippen molar-refractivity contribution in [1.82, 2.24) is 9.78 Å². The minimum atomic E-state index is -0.633. The number of ether oxygens (including phenoxy) is 1. The van der Waals surface area contributed by atoms with Gasteiger partial charge in [-0.05, 0) is 61.0 Å². The SMILES string of the molecule is Cc1cc(=O)c(C(=O)Nc2cccc(OCc3cccc(C#N)c3)c2)nn1-c1ccc(Cl)cc1. The van der Waals surface area contributed by atoms with Crippen molar-refractivity contribution in [2.75, 3.05) is 5.32 Å². The Balaban J connectivity index is 1.51. The van der Waals surface area contributed by atoms with Crippen LogP contribution in [0, 0.1) is 18.3 Å². The van der Waals surface area contributed by atoms with Crippen LogP contribution in [0.15, 0.2) is 83.7 Å². The van der Waals surface area contributed by atoms with Gasteiger partial charge < -0.3 is 10.1 Å². The zero-order valence-corrected chi connectivity index (χ0v) is 18.9. The highest BCUT2D eigenvalue weighted by Crippen LogP contribution is 2.20. The lowest BCUT2D eigenvalue weighted by Gasteiger charge is -2.12. The normalized spacial score (nSPS) is 10.4. The summed E-state index contributed by atoms with van der Waals surface area (Å²) < 4.78 is 7.31. The monoisotopic (exact) mass is 470 g/mol. The molecule has 0 aliphatic heterocycles. The standard InChI is InChI=1S/C26H19ClN4O3/c1-17-12-24(32)25(30-31(17)22-10-8-20(27)9-11-22)26(33)29-21-6-3-7-23(14-21)34-16-19-5-2-4-18(13-19)15-28/h2-14H,16H2,1H3,(H,29,33). The van der Waals surface area contributed by atoms with E-state index in [1.807, 2.05) is 6.07 Å². The van der Waals surface area contributed by atoms with Crippen LogP contribution in [0.3, 0.4) is 0 Å². The molecule has 34 heavy (non-hydrogen) atoms. The molecule has 1 N–H and O–H groups in total. The minimum Gasteiger partial charge on any atom is -0.489 e. The van der Waals surface area contributed by atoms with E-state index < -0.39 is 11.3 Å². The summed E-state index contributed by atoms with van der Waals surface area (Å²) in [5.41, 5.74) is 2.39. The van der Waals surface area contributed by atoms with Crippen molar-refractivity contribution in [2.45, 2.75) is 13.5 Å². The summed E-state index contributed by atoms with van der Waals surface area (Å²) in [4.78, 5) is 25.3. The molecule has 1 heterocycles. The fourth-order valence-corrected chi connectivity index (χ4v) is 3.43. The molecule has 1 aromatic heterocycles. The molecule has 0 atom stereocenters. The molecule has 0 bridgehead atoms. The topological polar surface area (TPSA) is 97.0 Å². The molecular weight excluding hydrogens is 452 g/mol. The van der Waals surface area contributed by atoms with Gasteiger partial charge >= 0.3 is 0 Å². The molecule has 1 amide bonds. The van der Waals surface area contributed by atoms with Crippen LogP contribution < -0.4 is 15.5 Å². The molecule has 0 spiro atoms. The predicted molar refractivity (Wildman–Crippen MR) is 129 cm³/mol. The maximum atomic E-state index is 12.9. The highest BCUT2D eigenvalue weighted by Gasteiger charge is 2.16. The average molecular weight is 471 g/mol. The lowest BCUT2D eigenvalue weighted by Crippen LogP contribution is -2.26. The predicted octanol–water partition coefficient (Wildman–Crippen LogP) is 4.90. The van der Waals surface area contributed by atoms with Gasteiger partial charge in [0.1, 0.15) is 12.4 Å². The maximum absolute atomic E-state index is 12.9. The first-order chi connectivity index (χ1) is 16.4. The second kappa shape index (κ2) is 10.0. The van der Waals surface area contributed by atoms with Gasteiger partial charge in [0.2, 0.25) is 5.43 Å². The summed E-state index contributed by atoms with van der Waals surface area (Å²) in [6, 6.07) is 24.3. The number of aryl methyl sites for hydroxylation is 1. The van der Waals surface area contributed by atoms with Crippen molar-refractivity contribution >= 4 is 23.2 Å². The smallest absolute Gasteiger partial charge is 0.280 e. The number of nitrogens with one attached hydrogen (secondary N) is 1. The van der Waals surface area contributed by atoms with Crippen LogP contribution in [0.2, 0.25) is 5.02 Å². The van der Waals surface area contributed by atoms with E-state index >= 15 is 0 Å². The third-order valence-corrected chi connectivity index (χ3v) is 5.20. The van der Waals surface area contributed by atoms with Crippen LogP contribution in [0.1, 0.15) is 27.3 Å². The van der Waals surface area contributed by atoms with E-state index in [0.717, 1.165) is 5.56 Å². The first-order valence-corrected chi connectivity index (χ1v) is 10.7. The molecule has 8 heteroatoms. The Morgan fingerprint density at radius 3 is 2.62 bits per heavy atom. The largest absolute Gasteiger partial charge is 0.489 e. The van der Waals surface area contributed by atoms with E-state index in [0.29, 0.717) is 33.4 Å². The van der Waals surface area contributed by atoms with E-state index in [9.17, 15) is 9.59 Å². The minimum absolute atomic E-state index is 0.236. The molecule has 0 unspecified atom stereocenters. The second-order valence-corrected chi connectivity index (χ2v) is 7.91. The first kappa shape index (κ1) is 22.8. The summed E-state index contributed by atoms with van der Waals surface area (Å²) in [5, 5.41) is 16.6. The van der Waals surface area contributed by atoms with E-state index in [1.54, 1.807) is 73.7 Å². The zero-order chi connectivity index (χ0) is 24.1. The van der Waals surface area contributed by atoms with Crippen molar-refractivity contribution in [1.29, 1.82) is 5.26 Å². The highest BCUT2D eigenvalue weighted by molar-refractivity contribution is 6.30. The Morgan fingerprint density at radius 1 is 1.09 bits per heavy atom. The average Bonchev–Trinajstić information content (AvgIpc) is 2.84. The number of carbonyl (C=O) groups excluding carboxylic acids is 1. The quantitative estimate of drug-likeness (QED) is 0.432. The van der Waals surface area contributed by atoms with E-state index in [-0.39, 0.29) is 12.3 Å². The second-order valence-electron chi connectivity index (χ2n) is 7.47. The Kier molecular flexibility index (Phi) is 6.72. The van der Waals surface area contributed by atoms with Gasteiger partial charge in [0.25, 0.3) is 5.91 Å². The maximum Gasteiger partial charge on any atom is 0.280 e. The molecule has 0 fully saturated rings. The van der Waals surface area contributed by atoms with Gasteiger partial charge in [0.15, 0.2) is 5.69 Å². The van der Waals surface area contributed by atoms with Gasteiger partial charge in [0, 0.05) is 28.5 Å². The van der Waals surface area contributed by atoms with Crippen molar-refractivity contribution in [2.24, 2.45) is 0 Å². The lowest BCUT2D eigenvalue weighted by molar-refractivity contribution is 0.101. The van der Waals surface area contributed by atoms with Crippen LogP contribution in [0.4, 0.5) is 5.69 Å². The molecule has 7 nitrogen and oxygen atoms in total. The number of amides is 1. The molecule has 0 aliphatic rings. The van der Waals surface area contributed by atoms with Crippen LogP contribution in [-0.4, -0.2) is 15.7 Å². The van der Waals surface area contributed by atoms with Gasteiger partial charge in [-0.25, -0.2) is 4.68 Å². The summed E-state index contributed by atoms with van der Waals surface area (Å²) in [7, 11) is 0.